The maximum absolute atomic E-state index is 13.0. The van der Waals surface area contributed by atoms with Crippen molar-refractivity contribution in [1.82, 2.24) is 9.80 Å². The van der Waals surface area contributed by atoms with Crippen LogP contribution in [0.25, 0.3) is 0 Å². The van der Waals surface area contributed by atoms with Crippen LogP contribution in [-0.2, 0) is 19.7 Å². The first-order valence-corrected chi connectivity index (χ1v) is 8.65. The fourth-order valence-corrected chi connectivity index (χ4v) is 3.17. The number of amides is 1. The highest BCUT2D eigenvalue weighted by molar-refractivity contribution is 6.30. The lowest BCUT2D eigenvalue weighted by Crippen LogP contribution is -2.53. The number of carbonyl (C=O) groups excluding carboxylic acids is 1. The maximum atomic E-state index is 13.0. The summed E-state index contributed by atoms with van der Waals surface area (Å²) in [5.41, 5.74) is 0.243. The maximum Gasteiger partial charge on any atom is 0.317 e. The van der Waals surface area contributed by atoms with Crippen molar-refractivity contribution in [3.63, 3.8) is 0 Å². The molecule has 1 aromatic carbocycles. The highest BCUT2D eigenvalue weighted by Gasteiger charge is 2.36. The summed E-state index contributed by atoms with van der Waals surface area (Å²) in [6, 6.07) is 7.32. The Morgan fingerprint density at radius 2 is 2.00 bits per heavy atom. The fraction of sp³-hybridized carbons (Fsp3) is 0.556. The van der Waals surface area contributed by atoms with E-state index in [-0.39, 0.29) is 18.6 Å². The molecule has 2 rings (SSSR count). The number of rotatable bonds is 6. The third-order valence-corrected chi connectivity index (χ3v) is 4.70. The molecule has 1 unspecified atom stereocenters. The fourth-order valence-electron chi connectivity index (χ4n) is 3.04. The van der Waals surface area contributed by atoms with E-state index in [0.29, 0.717) is 31.3 Å². The van der Waals surface area contributed by atoms with Crippen LogP contribution >= 0.6 is 11.6 Å². The van der Waals surface area contributed by atoms with Crippen molar-refractivity contribution >= 4 is 23.5 Å². The summed E-state index contributed by atoms with van der Waals surface area (Å²) in [7, 11) is 1.73. The van der Waals surface area contributed by atoms with Crippen molar-refractivity contribution in [3.8, 4) is 0 Å². The highest BCUT2D eigenvalue weighted by atomic mass is 35.5. The van der Waals surface area contributed by atoms with Gasteiger partial charge in [0.05, 0.1) is 24.7 Å². The van der Waals surface area contributed by atoms with Gasteiger partial charge in [-0.2, -0.15) is 0 Å². The van der Waals surface area contributed by atoms with Crippen molar-refractivity contribution in [3.05, 3.63) is 34.9 Å². The Hall–Kier alpha value is -1.63. The summed E-state index contributed by atoms with van der Waals surface area (Å²) < 4.78 is 5.70. The highest BCUT2D eigenvalue weighted by Crippen LogP contribution is 2.28. The molecule has 1 aliphatic rings. The minimum Gasteiger partial charge on any atom is -0.480 e. The lowest BCUT2D eigenvalue weighted by molar-refractivity contribution is -0.146. The van der Waals surface area contributed by atoms with Gasteiger partial charge < -0.3 is 14.7 Å². The first kappa shape index (κ1) is 19.7. The molecule has 1 heterocycles. The predicted molar refractivity (Wildman–Crippen MR) is 95.9 cm³/mol. The molecule has 1 saturated heterocycles. The Bertz CT molecular complexity index is 618. The van der Waals surface area contributed by atoms with E-state index in [1.165, 1.54) is 0 Å². The van der Waals surface area contributed by atoms with Gasteiger partial charge in [-0.1, -0.05) is 23.7 Å². The van der Waals surface area contributed by atoms with E-state index >= 15 is 0 Å². The first-order valence-electron chi connectivity index (χ1n) is 8.27. The number of carboxylic acids is 1. The van der Waals surface area contributed by atoms with Gasteiger partial charge in [0, 0.05) is 24.7 Å². The monoisotopic (exact) mass is 368 g/mol. The van der Waals surface area contributed by atoms with Gasteiger partial charge in [-0.15, -0.1) is 0 Å². The van der Waals surface area contributed by atoms with Crippen molar-refractivity contribution in [1.29, 1.82) is 0 Å². The Morgan fingerprint density at radius 3 is 2.60 bits per heavy atom. The third-order valence-electron chi connectivity index (χ3n) is 4.45. The van der Waals surface area contributed by atoms with Crippen LogP contribution in [0.4, 0.5) is 0 Å². The Balaban J connectivity index is 2.03. The predicted octanol–water partition coefficient (Wildman–Crippen LogP) is 1.86. The summed E-state index contributed by atoms with van der Waals surface area (Å²) in [6.45, 7) is 5.67. The molecule has 7 heteroatoms. The quantitative estimate of drug-likeness (QED) is 0.830. The zero-order valence-electron chi connectivity index (χ0n) is 14.9. The van der Waals surface area contributed by atoms with Gasteiger partial charge in [0.2, 0.25) is 5.91 Å². The van der Waals surface area contributed by atoms with E-state index in [1.54, 1.807) is 29.0 Å². The van der Waals surface area contributed by atoms with Gasteiger partial charge in [0.1, 0.15) is 0 Å². The lowest BCUT2D eigenvalue weighted by Gasteiger charge is -2.38. The minimum atomic E-state index is -0.880. The molecule has 0 bridgehead atoms. The smallest absolute Gasteiger partial charge is 0.317 e. The average Bonchev–Trinajstić information content (AvgIpc) is 2.54. The van der Waals surface area contributed by atoms with E-state index < -0.39 is 11.4 Å². The molecular weight excluding hydrogens is 344 g/mol. The van der Waals surface area contributed by atoms with Crippen LogP contribution in [0, 0.1) is 0 Å². The van der Waals surface area contributed by atoms with E-state index in [9.17, 15) is 9.59 Å². The number of nitrogens with zero attached hydrogens (tertiary/aromatic N) is 2. The van der Waals surface area contributed by atoms with Crippen LogP contribution in [0.5, 0.6) is 0 Å². The number of likely N-dealkylation sites (N-methyl/N-ethyl adjacent to an activating group) is 1. The second-order valence-electron chi connectivity index (χ2n) is 6.97. The molecule has 0 aliphatic carbocycles. The van der Waals surface area contributed by atoms with Crippen LogP contribution in [0.2, 0.25) is 5.02 Å². The van der Waals surface area contributed by atoms with Gasteiger partial charge in [-0.3, -0.25) is 14.5 Å². The van der Waals surface area contributed by atoms with Crippen molar-refractivity contribution in [2.75, 3.05) is 39.8 Å². The number of halogens is 1. The number of aliphatic carboxylic acids is 1. The first-order chi connectivity index (χ1) is 11.7. The third kappa shape index (κ3) is 5.17. The summed E-state index contributed by atoms with van der Waals surface area (Å²) in [4.78, 5) is 27.3. The number of ether oxygens (including phenoxy) is 1. The van der Waals surface area contributed by atoms with E-state index in [0.717, 1.165) is 5.56 Å². The molecule has 1 fully saturated rings. The number of morpholine rings is 1. The van der Waals surface area contributed by atoms with Crippen molar-refractivity contribution in [2.45, 2.75) is 25.4 Å². The molecule has 1 amide bonds. The topological polar surface area (TPSA) is 70.1 Å². The Labute approximate surface area is 153 Å². The standard InChI is InChI=1S/C18H25ClN2O4/c1-18(2,13-4-6-14(19)7-5-13)17(24)21-8-9-25-15(11-21)10-20(3)12-16(22)23/h4-7,15H,8-12H2,1-3H3,(H,22,23). The van der Waals surface area contributed by atoms with Crippen molar-refractivity contribution in [2.24, 2.45) is 0 Å². The largest absolute Gasteiger partial charge is 0.480 e. The second-order valence-corrected chi connectivity index (χ2v) is 7.40. The van der Waals surface area contributed by atoms with Gasteiger partial charge >= 0.3 is 5.97 Å². The molecule has 6 nitrogen and oxygen atoms in total. The van der Waals surface area contributed by atoms with E-state index in [2.05, 4.69) is 0 Å². The SMILES string of the molecule is CN(CC(=O)O)CC1CN(C(=O)C(C)(C)c2ccc(Cl)cc2)CCO1. The summed E-state index contributed by atoms with van der Waals surface area (Å²) in [6.07, 6.45) is -0.192. The Morgan fingerprint density at radius 1 is 1.36 bits per heavy atom. The molecule has 25 heavy (non-hydrogen) atoms. The van der Waals surface area contributed by atoms with Crippen LogP contribution in [0.1, 0.15) is 19.4 Å². The van der Waals surface area contributed by atoms with Crippen molar-refractivity contribution < 1.29 is 19.4 Å². The minimum absolute atomic E-state index is 0.0315. The molecule has 0 spiro atoms. The van der Waals surface area contributed by atoms with Crippen LogP contribution in [0.3, 0.4) is 0 Å². The second kappa shape index (κ2) is 8.17. The molecule has 1 atom stereocenters. The van der Waals surface area contributed by atoms with Crippen LogP contribution in [0.15, 0.2) is 24.3 Å². The lowest BCUT2D eigenvalue weighted by atomic mass is 9.83. The van der Waals surface area contributed by atoms with E-state index in [4.69, 9.17) is 21.4 Å². The number of benzene rings is 1. The summed E-state index contributed by atoms with van der Waals surface area (Å²) in [5, 5.41) is 9.49. The zero-order valence-corrected chi connectivity index (χ0v) is 15.6. The Kier molecular flexibility index (Phi) is 6.43. The molecule has 138 valence electrons. The summed E-state index contributed by atoms with van der Waals surface area (Å²) >= 11 is 5.94. The number of carboxylic acid groups (broad SMARTS) is 1. The number of hydrogen-bond donors (Lipinski definition) is 1. The van der Waals surface area contributed by atoms with Crippen LogP contribution in [-0.4, -0.2) is 72.7 Å². The number of hydrogen-bond acceptors (Lipinski definition) is 4. The molecule has 0 radical (unpaired) electrons. The molecule has 1 aliphatic heterocycles. The van der Waals surface area contributed by atoms with Gasteiger partial charge in [-0.05, 0) is 38.6 Å². The normalized spacial score (nSPS) is 18.4. The molecule has 1 aromatic rings. The zero-order chi connectivity index (χ0) is 18.6. The van der Waals surface area contributed by atoms with Gasteiger partial charge in [0.15, 0.2) is 0 Å². The van der Waals surface area contributed by atoms with Crippen LogP contribution < -0.4 is 0 Å². The van der Waals surface area contributed by atoms with Gasteiger partial charge in [-0.25, -0.2) is 0 Å². The average molecular weight is 369 g/mol. The van der Waals surface area contributed by atoms with E-state index in [1.807, 2.05) is 26.0 Å². The molecule has 0 aromatic heterocycles. The molecule has 1 N–H and O–H groups in total. The molecule has 0 saturated carbocycles. The number of carbonyl (C=O) groups is 2. The molecular formula is C18H25ClN2O4. The summed E-state index contributed by atoms with van der Waals surface area (Å²) in [5.74, 6) is -0.848. The van der Waals surface area contributed by atoms with Gasteiger partial charge in [0.25, 0.3) is 0 Å².